The lowest BCUT2D eigenvalue weighted by Gasteiger charge is -2.12. The van der Waals surface area contributed by atoms with E-state index in [-0.39, 0.29) is 0 Å². The van der Waals surface area contributed by atoms with Gasteiger partial charge in [0, 0.05) is 15.5 Å². The molecule has 0 saturated heterocycles. The minimum atomic E-state index is -0.985. The van der Waals surface area contributed by atoms with Crippen molar-refractivity contribution in [1.29, 1.82) is 0 Å². The van der Waals surface area contributed by atoms with Gasteiger partial charge in [-0.2, -0.15) is 0 Å². The minimum Gasteiger partial charge on any atom is -0.439 e. The average Bonchev–Trinajstić information content (AvgIpc) is 2.21. The Balaban J connectivity index is 2.28. The summed E-state index contributed by atoms with van der Waals surface area (Å²) in [6.45, 7) is 7.15. The Labute approximate surface area is 107 Å². The molecule has 1 rings (SSSR count). The van der Waals surface area contributed by atoms with Crippen LogP contribution in [-0.4, -0.2) is 6.61 Å². The van der Waals surface area contributed by atoms with E-state index in [9.17, 15) is 0 Å². The first kappa shape index (κ1) is 14.0. The summed E-state index contributed by atoms with van der Waals surface area (Å²) in [5, 5.41) is 0. The monoisotopic (exact) mass is 304 g/mol. The molecule has 1 atom stereocenters. The molecule has 4 heteroatoms. The average molecular weight is 305 g/mol. The number of halogens is 1. The Morgan fingerprint density at radius 3 is 2.44 bits per heavy atom. The topological polar surface area (TPSA) is 18.5 Å². The molecule has 0 aromatic heterocycles. The first-order valence-electron chi connectivity index (χ1n) is 5.41. The third kappa shape index (κ3) is 5.83. The van der Waals surface area contributed by atoms with Gasteiger partial charge in [0.15, 0.2) is 0 Å². The zero-order valence-electron chi connectivity index (χ0n) is 9.94. The number of aryl methyl sites for hydroxylation is 1. The molecule has 1 unspecified atom stereocenters. The standard InChI is InChI=1S/C12H18BrO2P/c1-10(2)8-9-14-16(13)15-12-6-4-11(3)5-7-12/h4-7,10H,8-9H2,1-3H3. The zero-order chi connectivity index (χ0) is 12.0. The van der Waals surface area contributed by atoms with E-state index in [4.69, 9.17) is 9.05 Å². The molecule has 2 nitrogen and oxygen atoms in total. The molecule has 1 aromatic carbocycles. The second kappa shape index (κ2) is 7.26. The van der Waals surface area contributed by atoms with Crippen LogP contribution in [0.5, 0.6) is 5.75 Å². The van der Waals surface area contributed by atoms with Crippen molar-refractivity contribution in [2.75, 3.05) is 6.61 Å². The molecule has 90 valence electrons. The highest BCUT2D eigenvalue weighted by Gasteiger charge is 2.08. The van der Waals surface area contributed by atoms with Gasteiger partial charge >= 0.3 is 7.08 Å². The highest BCUT2D eigenvalue weighted by Crippen LogP contribution is 2.46. The van der Waals surface area contributed by atoms with Gasteiger partial charge in [0.2, 0.25) is 0 Å². The Morgan fingerprint density at radius 2 is 1.88 bits per heavy atom. The highest BCUT2D eigenvalue weighted by atomic mass is 79.9. The van der Waals surface area contributed by atoms with Crippen molar-refractivity contribution in [1.82, 2.24) is 0 Å². The van der Waals surface area contributed by atoms with Crippen molar-refractivity contribution in [2.45, 2.75) is 27.2 Å². The molecular weight excluding hydrogens is 287 g/mol. The summed E-state index contributed by atoms with van der Waals surface area (Å²) in [7, 11) is -0.985. The van der Waals surface area contributed by atoms with Crippen molar-refractivity contribution in [3.63, 3.8) is 0 Å². The molecule has 0 aliphatic rings. The van der Waals surface area contributed by atoms with Crippen molar-refractivity contribution in [3.8, 4) is 5.75 Å². The summed E-state index contributed by atoms with van der Waals surface area (Å²) in [4.78, 5) is 0. The molecule has 0 aliphatic carbocycles. The summed E-state index contributed by atoms with van der Waals surface area (Å²) in [5.41, 5.74) is 1.23. The predicted molar refractivity (Wildman–Crippen MR) is 73.1 cm³/mol. The van der Waals surface area contributed by atoms with E-state index in [1.54, 1.807) is 0 Å². The second-order valence-corrected chi connectivity index (χ2v) is 6.74. The number of benzene rings is 1. The molecule has 16 heavy (non-hydrogen) atoms. The molecule has 0 bridgehead atoms. The first-order valence-corrected chi connectivity index (χ1v) is 8.61. The summed E-state index contributed by atoms with van der Waals surface area (Å²) in [6, 6.07) is 7.97. The van der Waals surface area contributed by atoms with Gasteiger partial charge in [-0.25, -0.2) is 0 Å². The minimum absolute atomic E-state index is 0.662. The van der Waals surface area contributed by atoms with Crippen molar-refractivity contribution >= 4 is 22.6 Å². The van der Waals surface area contributed by atoms with Gasteiger partial charge in [0.25, 0.3) is 0 Å². The van der Waals surface area contributed by atoms with E-state index >= 15 is 0 Å². The van der Waals surface area contributed by atoms with E-state index < -0.39 is 7.08 Å². The van der Waals surface area contributed by atoms with Crippen LogP contribution in [0.3, 0.4) is 0 Å². The van der Waals surface area contributed by atoms with Crippen LogP contribution in [0.1, 0.15) is 25.8 Å². The number of hydrogen-bond donors (Lipinski definition) is 0. The van der Waals surface area contributed by atoms with Crippen molar-refractivity contribution in [3.05, 3.63) is 29.8 Å². The molecule has 1 aromatic rings. The maximum absolute atomic E-state index is 5.61. The predicted octanol–water partition coefficient (Wildman–Crippen LogP) is 5.06. The molecule has 0 radical (unpaired) electrons. The van der Waals surface area contributed by atoms with Gasteiger partial charge in [0.1, 0.15) is 5.75 Å². The first-order chi connectivity index (χ1) is 7.58. The fourth-order valence-corrected chi connectivity index (χ4v) is 2.59. The molecule has 0 amide bonds. The normalized spacial score (nSPS) is 12.8. The van der Waals surface area contributed by atoms with Crippen LogP contribution in [0.4, 0.5) is 0 Å². The third-order valence-corrected chi connectivity index (χ3v) is 3.87. The summed E-state index contributed by atoms with van der Waals surface area (Å²) in [6.07, 6.45) is 1.06. The van der Waals surface area contributed by atoms with E-state index in [1.807, 2.05) is 24.3 Å². The third-order valence-electron chi connectivity index (χ3n) is 2.09. The largest absolute Gasteiger partial charge is 0.439 e. The SMILES string of the molecule is Cc1ccc(OP(Br)OCCC(C)C)cc1. The second-order valence-electron chi connectivity index (χ2n) is 4.13. The van der Waals surface area contributed by atoms with Crippen LogP contribution in [0, 0.1) is 12.8 Å². The molecule has 0 aliphatic heterocycles. The Hall–Kier alpha value is -0.110. The quantitative estimate of drug-likeness (QED) is 0.684. The van der Waals surface area contributed by atoms with Gasteiger partial charge in [-0.05, 0) is 31.4 Å². The maximum atomic E-state index is 5.61. The fraction of sp³-hybridized carbons (Fsp3) is 0.500. The van der Waals surface area contributed by atoms with Crippen molar-refractivity contribution < 1.29 is 9.05 Å². The summed E-state index contributed by atoms with van der Waals surface area (Å²) >= 11 is 3.40. The van der Waals surface area contributed by atoms with Crippen LogP contribution in [0.2, 0.25) is 0 Å². The summed E-state index contributed by atoms with van der Waals surface area (Å²) < 4.78 is 11.2. The maximum Gasteiger partial charge on any atom is 0.307 e. The molecule has 0 spiro atoms. The van der Waals surface area contributed by atoms with E-state index in [2.05, 4.69) is 36.3 Å². The molecule has 0 saturated carbocycles. The molecule has 0 N–H and O–H groups in total. The molecule has 0 fully saturated rings. The van der Waals surface area contributed by atoms with Crippen molar-refractivity contribution in [2.24, 2.45) is 5.92 Å². The van der Waals surface area contributed by atoms with Gasteiger partial charge in [-0.15, -0.1) is 0 Å². The van der Waals surface area contributed by atoms with Gasteiger partial charge in [-0.1, -0.05) is 31.5 Å². The van der Waals surface area contributed by atoms with Crippen LogP contribution >= 0.6 is 22.6 Å². The Morgan fingerprint density at radius 1 is 1.25 bits per heavy atom. The van der Waals surface area contributed by atoms with Crippen LogP contribution in [0.15, 0.2) is 24.3 Å². The smallest absolute Gasteiger partial charge is 0.307 e. The van der Waals surface area contributed by atoms with Gasteiger partial charge < -0.3 is 9.05 Å². The summed E-state index contributed by atoms with van der Waals surface area (Å²) in [5.74, 6) is 1.51. The van der Waals surface area contributed by atoms with E-state index in [0.717, 1.165) is 18.8 Å². The van der Waals surface area contributed by atoms with Crippen LogP contribution in [0.25, 0.3) is 0 Å². The molecule has 0 heterocycles. The van der Waals surface area contributed by atoms with E-state index in [0.29, 0.717) is 5.92 Å². The van der Waals surface area contributed by atoms with Gasteiger partial charge in [-0.3, -0.25) is 0 Å². The van der Waals surface area contributed by atoms with Crippen LogP contribution < -0.4 is 4.52 Å². The highest BCUT2D eigenvalue weighted by molar-refractivity contribution is 9.38. The Kier molecular flexibility index (Phi) is 6.33. The molecular formula is C12H18BrO2P. The lowest BCUT2D eigenvalue weighted by Crippen LogP contribution is -1.96. The van der Waals surface area contributed by atoms with Gasteiger partial charge in [0.05, 0.1) is 6.61 Å². The number of rotatable bonds is 6. The zero-order valence-corrected chi connectivity index (χ0v) is 12.4. The number of hydrogen-bond acceptors (Lipinski definition) is 2. The lowest BCUT2D eigenvalue weighted by atomic mass is 10.2. The van der Waals surface area contributed by atoms with E-state index in [1.165, 1.54) is 5.56 Å². The Bertz CT molecular complexity index is 300. The lowest BCUT2D eigenvalue weighted by molar-refractivity contribution is 0.298. The van der Waals surface area contributed by atoms with Crippen LogP contribution in [-0.2, 0) is 4.52 Å². The fourth-order valence-electron chi connectivity index (χ4n) is 1.07.